The molecule has 7 bridgehead atoms. The van der Waals surface area contributed by atoms with Crippen LogP contribution in [0.4, 0.5) is 0 Å². The third-order valence-electron chi connectivity index (χ3n) is 11.8. The van der Waals surface area contributed by atoms with Crippen LogP contribution in [0.25, 0.3) is 0 Å². The smallest absolute Gasteiger partial charge is 0.303 e. The third-order valence-corrected chi connectivity index (χ3v) is 11.8. The van der Waals surface area contributed by atoms with Crippen molar-refractivity contribution in [3.63, 3.8) is 0 Å². The van der Waals surface area contributed by atoms with Crippen LogP contribution in [0.3, 0.4) is 0 Å². The van der Waals surface area contributed by atoms with Gasteiger partial charge in [-0.3, -0.25) is 9.69 Å². The van der Waals surface area contributed by atoms with Gasteiger partial charge in [-0.1, -0.05) is 6.92 Å². The lowest BCUT2D eigenvalue weighted by Crippen LogP contribution is -2.82. The van der Waals surface area contributed by atoms with E-state index in [1.807, 2.05) is 0 Å². The van der Waals surface area contributed by atoms with E-state index in [2.05, 4.69) is 11.8 Å². The predicted octanol–water partition coefficient (Wildman–Crippen LogP) is 0.842. The molecule has 9 heteroatoms. The van der Waals surface area contributed by atoms with Gasteiger partial charge in [0.05, 0.1) is 31.0 Å². The molecule has 0 radical (unpaired) electrons. The largest absolute Gasteiger partial charge is 0.459 e. The predicted molar refractivity (Wildman–Crippen MR) is 128 cm³/mol. The molecular formula is C27H43NO8. The van der Waals surface area contributed by atoms with Crippen molar-refractivity contribution in [2.75, 3.05) is 48.1 Å². The molecule has 2 N–H and O–H groups in total. The summed E-state index contributed by atoms with van der Waals surface area (Å²) in [5, 5.41) is 26.1. The number of hydrogen-bond donors (Lipinski definition) is 2. The Morgan fingerprint density at radius 3 is 2.44 bits per heavy atom. The van der Waals surface area contributed by atoms with Crippen molar-refractivity contribution in [2.24, 2.45) is 34.5 Å². The molecule has 9 nitrogen and oxygen atoms in total. The van der Waals surface area contributed by atoms with E-state index in [-0.39, 0.29) is 53.8 Å². The summed E-state index contributed by atoms with van der Waals surface area (Å²) in [7, 11) is 6.86. The number of likely N-dealkylation sites (N-methyl/N-ethyl adjacent to an activating group) is 1. The van der Waals surface area contributed by atoms with E-state index in [0.29, 0.717) is 13.2 Å². The molecule has 6 aliphatic rings. The second-order valence-electron chi connectivity index (χ2n) is 12.5. The molecule has 36 heavy (non-hydrogen) atoms. The van der Waals surface area contributed by atoms with E-state index in [1.165, 1.54) is 6.92 Å². The van der Waals surface area contributed by atoms with Gasteiger partial charge in [0.1, 0.15) is 17.3 Å². The average molecular weight is 510 g/mol. The number of fused-ring (bicyclic) bond motifs is 2. The van der Waals surface area contributed by atoms with Crippen LogP contribution in [0.15, 0.2) is 0 Å². The first-order valence-corrected chi connectivity index (χ1v) is 13.6. The molecule has 0 amide bonds. The quantitative estimate of drug-likeness (QED) is 0.483. The highest BCUT2D eigenvalue weighted by molar-refractivity contribution is 5.67. The summed E-state index contributed by atoms with van der Waals surface area (Å²) in [6, 6.07) is -0.419. The van der Waals surface area contributed by atoms with E-state index < -0.39 is 34.7 Å². The maximum atomic E-state index is 13.2. The fourth-order valence-corrected chi connectivity index (χ4v) is 11.3. The molecule has 5 aliphatic carbocycles. The number of rotatable bonds is 7. The minimum atomic E-state index is -1.71. The van der Waals surface area contributed by atoms with Gasteiger partial charge in [0.2, 0.25) is 0 Å². The monoisotopic (exact) mass is 509 g/mol. The Morgan fingerprint density at radius 1 is 1.11 bits per heavy atom. The Morgan fingerprint density at radius 2 is 1.86 bits per heavy atom. The van der Waals surface area contributed by atoms with E-state index in [4.69, 9.17) is 23.7 Å². The van der Waals surface area contributed by atoms with Crippen LogP contribution < -0.4 is 0 Å². The van der Waals surface area contributed by atoms with Crippen LogP contribution >= 0.6 is 0 Å². The van der Waals surface area contributed by atoms with Crippen LogP contribution in [0, 0.1) is 34.5 Å². The lowest BCUT2D eigenvalue weighted by Gasteiger charge is -2.70. The van der Waals surface area contributed by atoms with Crippen molar-refractivity contribution in [3.05, 3.63) is 0 Å². The fraction of sp³-hybridized carbons (Fsp3) is 0.963. The molecule has 13 atom stereocenters. The van der Waals surface area contributed by atoms with Gasteiger partial charge < -0.3 is 33.9 Å². The second-order valence-corrected chi connectivity index (χ2v) is 12.5. The highest BCUT2D eigenvalue weighted by Gasteiger charge is 2.92. The van der Waals surface area contributed by atoms with Crippen molar-refractivity contribution in [1.82, 2.24) is 4.90 Å². The lowest BCUT2D eigenvalue weighted by atomic mass is 9.42. The second kappa shape index (κ2) is 8.10. The van der Waals surface area contributed by atoms with E-state index >= 15 is 0 Å². The Bertz CT molecular complexity index is 918. The first kappa shape index (κ1) is 25.5. The van der Waals surface area contributed by atoms with Crippen molar-refractivity contribution in [3.8, 4) is 0 Å². The number of ether oxygens (including phenoxy) is 5. The minimum Gasteiger partial charge on any atom is -0.459 e. The number of nitrogens with zero attached hydrogens (tertiary/aromatic N) is 1. The highest BCUT2D eigenvalue weighted by Crippen LogP contribution is 2.80. The van der Waals surface area contributed by atoms with Crippen LogP contribution in [-0.4, -0.2) is 111 Å². The summed E-state index contributed by atoms with van der Waals surface area (Å²) in [5.41, 5.74) is -4.12. The van der Waals surface area contributed by atoms with Gasteiger partial charge in [-0.05, 0) is 31.7 Å². The molecular weight excluding hydrogens is 466 g/mol. The van der Waals surface area contributed by atoms with Crippen molar-refractivity contribution >= 4 is 5.97 Å². The van der Waals surface area contributed by atoms with Gasteiger partial charge in [-0.25, -0.2) is 0 Å². The first-order valence-electron chi connectivity index (χ1n) is 13.6. The zero-order valence-corrected chi connectivity index (χ0v) is 22.4. The minimum absolute atomic E-state index is 0.0178. The molecule has 6 rings (SSSR count). The average Bonchev–Trinajstić information content (AvgIpc) is 3.26. The molecule has 1 heterocycles. The zero-order valence-electron chi connectivity index (χ0n) is 22.4. The Hall–Kier alpha value is -0.810. The topological polar surface area (TPSA) is 107 Å². The van der Waals surface area contributed by atoms with Crippen LogP contribution in [0.2, 0.25) is 0 Å². The van der Waals surface area contributed by atoms with E-state index in [0.717, 1.165) is 25.8 Å². The van der Waals surface area contributed by atoms with Gasteiger partial charge in [0.15, 0.2) is 0 Å². The van der Waals surface area contributed by atoms with Gasteiger partial charge >= 0.3 is 5.97 Å². The number of likely N-dealkylation sites (tertiary alicyclic amines) is 1. The van der Waals surface area contributed by atoms with Crippen LogP contribution in [-0.2, 0) is 28.5 Å². The summed E-state index contributed by atoms with van der Waals surface area (Å²) in [6.45, 7) is 5.43. The number of piperidine rings is 1. The van der Waals surface area contributed by atoms with Crippen molar-refractivity contribution < 1.29 is 38.7 Å². The normalized spacial score (nSPS) is 56.6. The van der Waals surface area contributed by atoms with Gasteiger partial charge in [-0.15, -0.1) is 0 Å². The van der Waals surface area contributed by atoms with Crippen LogP contribution in [0.1, 0.15) is 39.5 Å². The molecule has 0 aromatic rings. The SMILES string of the molecule is CCN1C[C@]2(COC)CCC(OC)C34[C@@H]5C[C@H]6[C@H](OC)[C@@H]5[C@](O)(C[C@@H]6OC)[C@](O)([C@@H](OC(C)=O)[C@@H]32)[C@@H]14. The Kier molecular flexibility index (Phi) is 5.73. The summed E-state index contributed by atoms with van der Waals surface area (Å²) >= 11 is 0. The zero-order chi connectivity index (χ0) is 25.8. The van der Waals surface area contributed by atoms with Gasteiger partial charge in [0.25, 0.3) is 0 Å². The molecule has 2 unspecified atom stereocenters. The number of carbonyl (C=O) groups is 1. The molecule has 0 aromatic carbocycles. The molecule has 204 valence electrons. The molecule has 5 saturated carbocycles. The van der Waals surface area contributed by atoms with E-state index in [1.54, 1.807) is 28.4 Å². The third kappa shape index (κ3) is 2.55. The standard InChI is InChI=1S/C27H43NO8/c1-7-28-12-24(13-32-3)9-8-18(34-5)26-16-10-15-17(33-4)11-25(30,19(16)20(15)35-6)27(31,23(26)28)22(21(24)26)36-14(2)29/h15-23,30-31H,7-13H2,1-6H3/t15-,16-,17+,18?,19-,20+,21-,22+,23+,24+,25-,26?,27+/m1/s1. The summed E-state index contributed by atoms with van der Waals surface area (Å²) < 4.78 is 30.4. The summed E-state index contributed by atoms with van der Waals surface area (Å²) in [6.07, 6.45) is 1.24. The number of hydrogen-bond acceptors (Lipinski definition) is 9. The molecule has 0 aromatic heterocycles. The number of aliphatic hydroxyl groups is 2. The fourth-order valence-electron chi connectivity index (χ4n) is 11.3. The Balaban J connectivity index is 1.69. The molecule has 1 spiro atoms. The molecule has 6 fully saturated rings. The number of carbonyl (C=O) groups excluding carboxylic acids is 1. The van der Waals surface area contributed by atoms with Gasteiger partial charge in [-0.2, -0.15) is 0 Å². The number of methoxy groups -OCH3 is 4. The molecule has 1 saturated heterocycles. The molecule has 1 aliphatic heterocycles. The van der Waals surface area contributed by atoms with Gasteiger partial charge in [0, 0.05) is 76.9 Å². The maximum Gasteiger partial charge on any atom is 0.303 e. The number of esters is 1. The maximum absolute atomic E-state index is 13.2. The van der Waals surface area contributed by atoms with Crippen LogP contribution in [0.5, 0.6) is 0 Å². The summed E-state index contributed by atoms with van der Waals surface area (Å²) in [5.74, 6) is -0.825. The Labute approximate surface area is 213 Å². The summed E-state index contributed by atoms with van der Waals surface area (Å²) in [4.78, 5) is 15.0. The van der Waals surface area contributed by atoms with Crippen molar-refractivity contribution in [1.29, 1.82) is 0 Å². The lowest BCUT2D eigenvalue weighted by molar-refractivity contribution is -0.320. The van der Waals surface area contributed by atoms with Crippen molar-refractivity contribution in [2.45, 2.75) is 81.2 Å². The first-order chi connectivity index (χ1) is 17.2. The highest BCUT2D eigenvalue weighted by atomic mass is 16.6. The van der Waals surface area contributed by atoms with E-state index in [9.17, 15) is 15.0 Å².